The third-order valence-electron chi connectivity index (χ3n) is 2.40. The lowest BCUT2D eigenvalue weighted by Crippen LogP contribution is -2.49. The van der Waals surface area contributed by atoms with Gasteiger partial charge in [0, 0.05) is 0 Å². The Kier molecular flexibility index (Phi) is 5.50. The van der Waals surface area contributed by atoms with E-state index < -0.39 is 24.0 Å². The number of rotatable bonds is 5. The van der Waals surface area contributed by atoms with Crippen LogP contribution in [0.25, 0.3) is 0 Å². The van der Waals surface area contributed by atoms with Crippen LogP contribution in [-0.2, 0) is 14.3 Å². The van der Waals surface area contributed by atoms with Gasteiger partial charge in [-0.3, -0.25) is 9.59 Å². The zero-order valence-corrected chi connectivity index (χ0v) is 11.7. The van der Waals surface area contributed by atoms with Crippen molar-refractivity contribution >= 4 is 29.1 Å². The first-order valence-corrected chi connectivity index (χ1v) is 6.56. The van der Waals surface area contributed by atoms with Gasteiger partial charge in [-0.1, -0.05) is 6.07 Å². The molecular weight excluding hydrogens is 268 g/mol. The molecule has 6 nitrogen and oxygen atoms in total. The Balaban J connectivity index is 2.49. The normalized spacial score (nSPS) is 13.2. The third kappa shape index (κ3) is 4.36. The number of esters is 1. The van der Waals surface area contributed by atoms with Crippen LogP contribution < -0.4 is 10.6 Å². The second kappa shape index (κ2) is 6.89. The predicted octanol–water partition coefficient (Wildman–Crippen LogP) is 0.544. The summed E-state index contributed by atoms with van der Waals surface area (Å²) in [5.74, 6) is -1.30. The van der Waals surface area contributed by atoms with Crippen LogP contribution in [0.2, 0.25) is 0 Å². The molecule has 0 bridgehead atoms. The SMILES string of the molecule is COC(=O)[C@H](C)NC(=O)C(C)NC(=O)c1cccs1. The highest BCUT2D eigenvalue weighted by atomic mass is 32.1. The largest absolute Gasteiger partial charge is 0.467 e. The van der Waals surface area contributed by atoms with Crippen molar-refractivity contribution in [3.05, 3.63) is 22.4 Å². The molecule has 104 valence electrons. The van der Waals surface area contributed by atoms with Crippen molar-refractivity contribution < 1.29 is 19.1 Å². The van der Waals surface area contributed by atoms with Crippen LogP contribution in [0.4, 0.5) is 0 Å². The number of ether oxygens (including phenoxy) is 1. The van der Waals surface area contributed by atoms with Gasteiger partial charge in [0.15, 0.2) is 0 Å². The van der Waals surface area contributed by atoms with E-state index in [0.29, 0.717) is 4.88 Å². The Labute approximate surface area is 115 Å². The Morgan fingerprint density at radius 1 is 1.21 bits per heavy atom. The van der Waals surface area contributed by atoms with Gasteiger partial charge in [-0.25, -0.2) is 4.79 Å². The third-order valence-corrected chi connectivity index (χ3v) is 3.27. The maximum Gasteiger partial charge on any atom is 0.328 e. The van der Waals surface area contributed by atoms with E-state index in [1.807, 2.05) is 0 Å². The van der Waals surface area contributed by atoms with Gasteiger partial charge in [0.1, 0.15) is 12.1 Å². The van der Waals surface area contributed by atoms with E-state index in [1.54, 1.807) is 24.4 Å². The van der Waals surface area contributed by atoms with E-state index in [9.17, 15) is 14.4 Å². The summed E-state index contributed by atoms with van der Waals surface area (Å²) < 4.78 is 4.49. The second-order valence-corrected chi connectivity index (χ2v) is 4.87. The van der Waals surface area contributed by atoms with Gasteiger partial charge in [0.25, 0.3) is 5.91 Å². The fourth-order valence-electron chi connectivity index (χ4n) is 1.32. The molecule has 1 aromatic heterocycles. The molecule has 0 saturated heterocycles. The first-order valence-electron chi connectivity index (χ1n) is 5.68. The quantitative estimate of drug-likeness (QED) is 0.773. The summed E-state index contributed by atoms with van der Waals surface area (Å²) in [7, 11) is 1.24. The highest BCUT2D eigenvalue weighted by Crippen LogP contribution is 2.08. The summed E-state index contributed by atoms with van der Waals surface area (Å²) in [4.78, 5) is 35.2. The maximum atomic E-state index is 11.7. The first kappa shape index (κ1) is 15.2. The number of carbonyl (C=O) groups excluding carboxylic acids is 3. The number of thiophene rings is 1. The highest BCUT2D eigenvalue weighted by Gasteiger charge is 2.21. The Hall–Kier alpha value is -1.89. The number of carbonyl (C=O) groups is 3. The van der Waals surface area contributed by atoms with Crippen molar-refractivity contribution in [3.63, 3.8) is 0 Å². The van der Waals surface area contributed by atoms with Crippen molar-refractivity contribution in [2.45, 2.75) is 25.9 Å². The molecule has 1 rings (SSSR count). The molecule has 2 atom stereocenters. The molecular formula is C12H16N2O4S. The molecule has 0 spiro atoms. The van der Waals surface area contributed by atoms with Crippen LogP contribution >= 0.6 is 11.3 Å². The van der Waals surface area contributed by atoms with Gasteiger partial charge in [-0.05, 0) is 25.3 Å². The first-order chi connectivity index (χ1) is 8.95. The molecule has 2 N–H and O–H groups in total. The van der Waals surface area contributed by atoms with E-state index in [1.165, 1.54) is 25.4 Å². The summed E-state index contributed by atoms with van der Waals surface area (Å²) in [5, 5.41) is 6.78. The smallest absolute Gasteiger partial charge is 0.328 e. The van der Waals surface area contributed by atoms with Gasteiger partial charge in [0.05, 0.1) is 12.0 Å². The maximum absolute atomic E-state index is 11.7. The molecule has 0 aliphatic rings. The van der Waals surface area contributed by atoms with Crippen LogP contribution in [0.1, 0.15) is 23.5 Å². The summed E-state index contributed by atoms with van der Waals surface area (Å²) in [6.45, 7) is 3.06. The zero-order valence-electron chi connectivity index (χ0n) is 10.9. The minimum absolute atomic E-state index is 0.316. The Morgan fingerprint density at radius 2 is 1.89 bits per heavy atom. The minimum Gasteiger partial charge on any atom is -0.467 e. The van der Waals surface area contributed by atoms with Crippen LogP contribution in [-0.4, -0.2) is 37.0 Å². The van der Waals surface area contributed by atoms with Crippen molar-refractivity contribution in [1.29, 1.82) is 0 Å². The van der Waals surface area contributed by atoms with Gasteiger partial charge in [-0.15, -0.1) is 11.3 Å². The van der Waals surface area contributed by atoms with Crippen molar-refractivity contribution in [2.75, 3.05) is 7.11 Å². The monoisotopic (exact) mass is 284 g/mol. The summed E-state index contributed by atoms with van der Waals surface area (Å²) in [6.07, 6.45) is 0. The van der Waals surface area contributed by atoms with Crippen LogP contribution in [0.5, 0.6) is 0 Å². The summed E-state index contributed by atoms with van der Waals surface area (Å²) in [6, 6.07) is 1.94. The molecule has 1 heterocycles. The van der Waals surface area contributed by atoms with E-state index in [-0.39, 0.29) is 5.91 Å². The fourth-order valence-corrected chi connectivity index (χ4v) is 1.94. The lowest BCUT2D eigenvalue weighted by molar-refractivity contribution is -0.144. The zero-order chi connectivity index (χ0) is 14.4. The molecule has 2 amide bonds. The molecule has 0 aliphatic heterocycles. The molecule has 0 aliphatic carbocycles. The molecule has 0 radical (unpaired) electrons. The number of methoxy groups -OCH3 is 1. The topological polar surface area (TPSA) is 84.5 Å². The summed E-state index contributed by atoms with van der Waals surface area (Å²) >= 11 is 1.29. The molecule has 0 saturated carbocycles. The van der Waals surface area contributed by atoms with E-state index in [0.717, 1.165) is 0 Å². The minimum atomic E-state index is -0.751. The number of nitrogens with one attached hydrogen (secondary N) is 2. The Morgan fingerprint density at radius 3 is 2.42 bits per heavy atom. The average molecular weight is 284 g/mol. The molecule has 0 aromatic carbocycles. The lowest BCUT2D eigenvalue weighted by Gasteiger charge is -2.16. The van der Waals surface area contributed by atoms with E-state index in [2.05, 4.69) is 15.4 Å². The van der Waals surface area contributed by atoms with Crippen LogP contribution in [0.3, 0.4) is 0 Å². The van der Waals surface area contributed by atoms with Gasteiger partial charge >= 0.3 is 5.97 Å². The van der Waals surface area contributed by atoms with Gasteiger partial charge in [0.2, 0.25) is 5.91 Å². The molecule has 1 aromatic rings. The molecule has 19 heavy (non-hydrogen) atoms. The molecule has 0 fully saturated rings. The number of hydrogen-bond acceptors (Lipinski definition) is 5. The van der Waals surface area contributed by atoms with Crippen molar-refractivity contribution in [2.24, 2.45) is 0 Å². The standard InChI is InChI=1S/C12H16N2O4S/c1-7(10(15)14-8(2)12(17)18-3)13-11(16)9-5-4-6-19-9/h4-8H,1-3H3,(H,13,16)(H,14,15)/t7?,8-/m0/s1. The number of amides is 2. The fraction of sp³-hybridized carbons (Fsp3) is 0.417. The van der Waals surface area contributed by atoms with Crippen LogP contribution in [0, 0.1) is 0 Å². The lowest BCUT2D eigenvalue weighted by atomic mass is 10.2. The second-order valence-electron chi connectivity index (χ2n) is 3.93. The van der Waals surface area contributed by atoms with Crippen molar-refractivity contribution in [1.82, 2.24) is 10.6 Å². The van der Waals surface area contributed by atoms with Crippen LogP contribution in [0.15, 0.2) is 17.5 Å². The number of hydrogen-bond donors (Lipinski definition) is 2. The van der Waals surface area contributed by atoms with E-state index in [4.69, 9.17) is 0 Å². The van der Waals surface area contributed by atoms with Gasteiger partial charge in [-0.2, -0.15) is 0 Å². The molecule has 1 unspecified atom stereocenters. The van der Waals surface area contributed by atoms with E-state index >= 15 is 0 Å². The predicted molar refractivity (Wildman–Crippen MR) is 70.9 cm³/mol. The Bertz CT molecular complexity index is 458. The average Bonchev–Trinajstić information content (AvgIpc) is 2.91. The molecule has 7 heteroatoms. The highest BCUT2D eigenvalue weighted by molar-refractivity contribution is 7.12. The van der Waals surface area contributed by atoms with Gasteiger partial charge < -0.3 is 15.4 Å². The summed E-state index contributed by atoms with van der Waals surface area (Å²) in [5.41, 5.74) is 0. The van der Waals surface area contributed by atoms with Crippen molar-refractivity contribution in [3.8, 4) is 0 Å².